The van der Waals surface area contributed by atoms with E-state index in [-0.39, 0.29) is 9.92 Å². The predicted molar refractivity (Wildman–Crippen MR) is 85.9 cm³/mol. The van der Waals surface area contributed by atoms with Crippen molar-refractivity contribution in [3.8, 4) is 6.07 Å². The number of nitriles is 1. The van der Waals surface area contributed by atoms with Crippen LogP contribution in [0.1, 0.15) is 11.1 Å². The van der Waals surface area contributed by atoms with Crippen LogP contribution >= 0.6 is 27.5 Å². The summed E-state index contributed by atoms with van der Waals surface area (Å²) in [6, 6.07) is 11.2. The van der Waals surface area contributed by atoms with Crippen molar-refractivity contribution in [1.82, 2.24) is 0 Å². The van der Waals surface area contributed by atoms with E-state index in [0.29, 0.717) is 15.7 Å². The number of benzene rings is 2. The van der Waals surface area contributed by atoms with Gasteiger partial charge in [-0.05, 0) is 52.7 Å². The highest BCUT2D eigenvalue weighted by Crippen LogP contribution is 2.30. The highest BCUT2D eigenvalue weighted by Gasteiger charge is 2.19. The zero-order valence-electron chi connectivity index (χ0n) is 10.9. The number of rotatable bonds is 3. The highest BCUT2D eigenvalue weighted by atomic mass is 79.9. The van der Waals surface area contributed by atoms with Gasteiger partial charge in [-0.2, -0.15) is 5.26 Å². The fourth-order valence-corrected chi connectivity index (χ4v) is 3.83. The Morgan fingerprint density at radius 1 is 1.29 bits per heavy atom. The molecule has 0 unspecified atom stereocenters. The van der Waals surface area contributed by atoms with Crippen molar-refractivity contribution in [2.24, 2.45) is 0 Å². The van der Waals surface area contributed by atoms with Gasteiger partial charge in [0.25, 0.3) is 10.0 Å². The van der Waals surface area contributed by atoms with Crippen molar-refractivity contribution in [1.29, 1.82) is 5.26 Å². The Morgan fingerprint density at radius 2 is 2.00 bits per heavy atom. The molecule has 0 saturated carbocycles. The minimum Gasteiger partial charge on any atom is -0.278 e. The van der Waals surface area contributed by atoms with Gasteiger partial charge in [-0.25, -0.2) is 8.42 Å². The molecule has 0 spiro atoms. The lowest BCUT2D eigenvalue weighted by molar-refractivity contribution is 0.601. The Bertz CT molecular complexity index is 845. The van der Waals surface area contributed by atoms with Gasteiger partial charge in [0.2, 0.25) is 0 Å². The lowest BCUT2D eigenvalue weighted by atomic mass is 10.2. The van der Waals surface area contributed by atoms with Crippen LogP contribution in [0.5, 0.6) is 0 Å². The van der Waals surface area contributed by atoms with Gasteiger partial charge in [-0.3, -0.25) is 4.72 Å². The molecule has 0 aliphatic carbocycles. The summed E-state index contributed by atoms with van der Waals surface area (Å²) in [5, 5.41) is 8.78. The Kier molecular flexibility index (Phi) is 4.57. The normalized spacial score (nSPS) is 11.0. The molecule has 4 nitrogen and oxygen atoms in total. The molecule has 0 amide bonds. The molecule has 0 atom stereocenters. The quantitative estimate of drug-likeness (QED) is 0.865. The molecule has 0 heterocycles. The summed E-state index contributed by atoms with van der Waals surface area (Å²) >= 11 is 9.29. The van der Waals surface area contributed by atoms with E-state index in [9.17, 15) is 8.42 Å². The first-order valence-electron chi connectivity index (χ1n) is 5.83. The van der Waals surface area contributed by atoms with E-state index in [2.05, 4.69) is 20.7 Å². The molecule has 1 N–H and O–H groups in total. The number of hydrogen-bond acceptors (Lipinski definition) is 3. The third kappa shape index (κ3) is 3.38. The molecule has 0 fully saturated rings. The molecule has 0 aliphatic heterocycles. The van der Waals surface area contributed by atoms with Crippen LogP contribution in [0.25, 0.3) is 0 Å². The minimum absolute atomic E-state index is 0.00493. The lowest BCUT2D eigenvalue weighted by Gasteiger charge is -2.12. The SMILES string of the molecule is Cc1cccc(NS(=O)(=O)c2ccc(C#N)cc2Cl)c1Br. The molecule has 2 aromatic rings. The van der Waals surface area contributed by atoms with E-state index >= 15 is 0 Å². The summed E-state index contributed by atoms with van der Waals surface area (Å²) in [7, 11) is -3.83. The largest absolute Gasteiger partial charge is 0.278 e. The van der Waals surface area contributed by atoms with Crippen molar-refractivity contribution < 1.29 is 8.42 Å². The third-order valence-corrected chi connectivity index (χ3v) is 5.69. The molecule has 2 aromatic carbocycles. The Balaban J connectivity index is 2.44. The van der Waals surface area contributed by atoms with Crippen molar-refractivity contribution >= 4 is 43.2 Å². The number of nitrogens with one attached hydrogen (secondary N) is 1. The molecule has 0 aliphatic rings. The van der Waals surface area contributed by atoms with Crippen LogP contribution < -0.4 is 4.72 Å². The number of aryl methyl sites for hydroxylation is 1. The first-order chi connectivity index (χ1) is 9.85. The Hall–Kier alpha value is -1.55. The number of nitrogens with zero attached hydrogens (tertiary/aromatic N) is 1. The minimum atomic E-state index is -3.83. The Labute approximate surface area is 136 Å². The summed E-state index contributed by atoms with van der Waals surface area (Å²) in [5.74, 6) is 0. The van der Waals surface area contributed by atoms with E-state index in [1.165, 1.54) is 18.2 Å². The van der Waals surface area contributed by atoms with Gasteiger partial charge in [-0.1, -0.05) is 23.7 Å². The molecule has 2 rings (SSSR count). The molecular weight excluding hydrogens is 376 g/mol. The number of hydrogen-bond donors (Lipinski definition) is 1. The van der Waals surface area contributed by atoms with Crippen molar-refractivity contribution in [2.75, 3.05) is 4.72 Å². The number of halogens is 2. The van der Waals surface area contributed by atoms with Crippen LogP contribution in [0.15, 0.2) is 45.8 Å². The van der Waals surface area contributed by atoms with Crippen LogP contribution in [-0.2, 0) is 10.0 Å². The molecule has 0 radical (unpaired) electrons. The monoisotopic (exact) mass is 384 g/mol. The van der Waals surface area contributed by atoms with E-state index in [4.69, 9.17) is 16.9 Å². The van der Waals surface area contributed by atoms with Crippen LogP contribution in [0.3, 0.4) is 0 Å². The van der Waals surface area contributed by atoms with Gasteiger partial charge < -0.3 is 0 Å². The maximum absolute atomic E-state index is 12.4. The summed E-state index contributed by atoms with van der Waals surface area (Å²) in [5.41, 5.74) is 1.63. The van der Waals surface area contributed by atoms with Crippen molar-refractivity contribution in [3.63, 3.8) is 0 Å². The molecule has 0 bridgehead atoms. The summed E-state index contributed by atoms with van der Waals surface area (Å²) < 4.78 is 27.9. The first kappa shape index (κ1) is 15.8. The van der Waals surface area contributed by atoms with Gasteiger partial charge in [0.05, 0.1) is 22.3 Å². The second-order valence-corrected chi connectivity index (χ2v) is 7.15. The lowest BCUT2D eigenvalue weighted by Crippen LogP contribution is -2.14. The Morgan fingerprint density at radius 3 is 2.62 bits per heavy atom. The third-order valence-electron chi connectivity index (χ3n) is 2.79. The summed E-state index contributed by atoms with van der Waals surface area (Å²) in [6.07, 6.45) is 0. The van der Waals surface area contributed by atoms with Gasteiger partial charge in [0.1, 0.15) is 4.90 Å². The molecule has 0 aromatic heterocycles. The predicted octanol–water partition coefficient (Wildman–Crippen LogP) is 4.08. The fraction of sp³-hybridized carbons (Fsp3) is 0.0714. The zero-order valence-corrected chi connectivity index (χ0v) is 14.1. The maximum atomic E-state index is 12.4. The molecular formula is C14H10BrClN2O2S. The summed E-state index contributed by atoms with van der Waals surface area (Å²) in [4.78, 5) is -0.0726. The summed E-state index contributed by atoms with van der Waals surface area (Å²) in [6.45, 7) is 1.86. The zero-order chi connectivity index (χ0) is 15.6. The standard InChI is InChI=1S/C14H10BrClN2O2S/c1-9-3-2-4-12(14(9)15)18-21(19,20)13-6-5-10(8-17)7-11(13)16/h2-7,18H,1H3. The van der Waals surface area contributed by atoms with Crippen LogP contribution in [-0.4, -0.2) is 8.42 Å². The second-order valence-electron chi connectivity index (χ2n) is 4.30. The topological polar surface area (TPSA) is 70.0 Å². The van der Waals surface area contributed by atoms with Crippen molar-refractivity contribution in [2.45, 2.75) is 11.8 Å². The van der Waals surface area contributed by atoms with Crippen molar-refractivity contribution in [3.05, 3.63) is 57.0 Å². The molecule has 21 heavy (non-hydrogen) atoms. The van der Waals surface area contributed by atoms with Crippen LogP contribution in [0.2, 0.25) is 5.02 Å². The average molecular weight is 386 g/mol. The molecule has 7 heteroatoms. The smallest absolute Gasteiger partial charge is 0.263 e. The van der Waals surface area contributed by atoms with E-state index in [0.717, 1.165) is 5.56 Å². The molecule has 0 saturated heterocycles. The highest BCUT2D eigenvalue weighted by molar-refractivity contribution is 9.10. The van der Waals surface area contributed by atoms with E-state index in [1.54, 1.807) is 12.1 Å². The van der Waals surface area contributed by atoms with Crippen LogP contribution in [0.4, 0.5) is 5.69 Å². The van der Waals surface area contributed by atoms with E-state index in [1.807, 2.05) is 19.1 Å². The average Bonchev–Trinajstić information content (AvgIpc) is 2.43. The second kappa shape index (κ2) is 6.06. The number of anilines is 1. The fourth-order valence-electron chi connectivity index (χ4n) is 1.71. The van der Waals surface area contributed by atoms with Gasteiger partial charge >= 0.3 is 0 Å². The van der Waals surface area contributed by atoms with Gasteiger partial charge in [0, 0.05) is 4.47 Å². The van der Waals surface area contributed by atoms with Gasteiger partial charge in [-0.15, -0.1) is 0 Å². The maximum Gasteiger partial charge on any atom is 0.263 e. The van der Waals surface area contributed by atoms with Gasteiger partial charge in [0.15, 0.2) is 0 Å². The van der Waals surface area contributed by atoms with Crippen LogP contribution in [0, 0.1) is 18.3 Å². The first-order valence-corrected chi connectivity index (χ1v) is 8.48. The molecule has 108 valence electrons. The number of sulfonamides is 1. The van der Waals surface area contributed by atoms with E-state index < -0.39 is 10.0 Å².